The number of carboxylic acid groups (broad SMARTS) is 1. The van der Waals surface area contributed by atoms with Crippen molar-refractivity contribution < 1.29 is 9.90 Å². The smallest absolute Gasteiger partial charge is 0.358 e. The predicted molar refractivity (Wildman–Crippen MR) is 73.0 cm³/mol. The summed E-state index contributed by atoms with van der Waals surface area (Å²) in [6, 6.07) is 7.20. The molecule has 1 aromatic heterocycles. The number of nitrogens with one attached hydrogen (secondary N) is 1. The Morgan fingerprint density at radius 2 is 2.21 bits per heavy atom. The van der Waals surface area contributed by atoms with E-state index in [2.05, 4.69) is 21.4 Å². The molecule has 19 heavy (non-hydrogen) atoms. The molecule has 0 bridgehead atoms. The highest BCUT2D eigenvalue weighted by Gasteiger charge is 2.17. The molecule has 0 aliphatic carbocycles. The van der Waals surface area contributed by atoms with Crippen molar-refractivity contribution in [3.05, 3.63) is 30.0 Å². The minimum atomic E-state index is -1.12. The summed E-state index contributed by atoms with van der Waals surface area (Å²) in [5.74, 6) is 1.42. The molecule has 1 atom stereocenters. The van der Waals surface area contributed by atoms with Crippen LogP contribution in [0.4, 0.5) is 5.69 Å². The Hall–Kier alpha value is -2.61. The van der Waals surface area contributed by atoms with Crippen molar-refractivity contribution in [1.82, 2.24) is 10.2 Å². The first-order chi connectivity index (χ1) is 9.13. The number of fused-ring (bicyclic) bond motifs is 1. The van der Waals surface area contributed by atoms with Crippen LogP contribution >= 0.6 is 0 Å². The van der Waals surface area contributed by atoms with Gasteiger partial charge in [-0.25, -0.2) is 4.79 Å². The highest BCUT2D eigenvalue weighted by atomic mass is 16.4. The van der Waals surface area contributed by atoms with Gasteiger partial charge in [-0.15, -0.1) is 22.5 Å². The van der Waals surface area contributed by atoms with Gasteiger partial charge in [0.15, 0.2) is 5.69 Å². The topological polar surface area (TPSA) is 75.1 Å². The van der Waals surface area contributed by atoms with Crippen LogP contribution in [0.25, 0.3) is 10.9 Å². The summed E-state index contributed by atoms with van der Waals surface area (Å²) in [6.07, 6.45) is 5.76. The third-order valence-electron chi connectivity index (χ3n) is 2.69. The van der Waals surface area contributed by atoms with E-state index in [0.29, 0.717) is 17.6 Å². The number of carboxylic acids is 1. The second kappa shape index (κ2) is 5.36. The van der Waals surface area contributed by atoms with Crippen molar-refractivity contribution in [2.75, 3.05) is 5.32 Å². The minimum Gasteiger partial charge on any atom is -0.476 e. The molecule has 0 radical (unpaired) electrons. The fraction of sp³-hybridized carbons (Fsp3) is 0.214. The molecule has 2 aromatic rings. The Morgan fingerprint density at radius 1 is 1.47 bits per heavy atom. The molecular formula is C14H13N3O2. The standard InChI is InChI=1S/C14H13N3O2/c1-3-6-9(2)15-12-10-7-4-5-8-11(10)16-17-13(12)14(18)19/h1,4-5,7-9H,6H2,2H3,(H,15,16)(H,18,19). The van der Waals surface area contributed by atoms with Crippen LogP contribution in [0.5, 0.6) is 0 Å². The van der Waals surface area contributed by atoms with Crippen molar-refractivity contribution in [3.8, 4) is 12.3 Å². The van der Waals surface area contributed by atoms with Crippen molar-refractivity contribution in [1.29, 1.82) is 0 Å². The Morgan fingerprint density at radius 3 is 2.89 bits per heavy atom. The van der Waals surface area contributed by atoms with E-state index in [1.54, 1.807) is 12.1 Å². The van der Waals surface area contributed by atoms with E-state index >= 15 is 0 Å². The lowest BCUT2D eigenvalue weighted by atomic mass is 10.1. The fourth-order valence-electron chi connectivity index (χ4n) is 1.82. The molecule has 0 fully saturated rings. The van der Waals surface area contributed by atoms with Gasteiger partial charge in [0.2, 0.25) is 0 Å². The number of hydrogen-bond donors (Lipinski definition) is 2. The molecular weight excluding hydrogens is 242 g/mol. The van der Waals surface area contributed by atoms with Crippen molar-refractivity contribution in [2.24, 2.45) is 0 Å². The number of rotatable bonds is 4. The summed E-state index contributed by atoms with van der Waals surface area (Å²) in [7, 11) is 0. The van der Waals surface area contributed by atoms with Crippen LogP contribution in [0.3, 0.4) is 0 Å². The van der Waals surface area contributed by atoms with Gasteiger partial charge in [-0.3, -0.25) is 0 Å². The number of hydrogen-bond acceptors (Lipinski definition) is 4. The molecule has 0 saturated heterocycles. The van der Waals surface area contributed by atoms with Gasteiger partial charge in [0.1, 0.15) is 0 Å². The van der Waals surface area contributed by atoms with Gasteiger partial charge in [0, 0.05) is 17.8 Å². The molecule has 0 amide bonds. The van der Waals surface area contributed by atoms with E-state index in [1.165, 1.54) is 0 Å². The number of nitrogens with zero attached hydrogens (tertiary/aromatic N) is 2. The zero-order chi connectivity index (χ0) is 13.8. The largest absolute Gasteiger partial charge is 0.476 e. The third-order valence-corrected chi connectivity index (χ3v) is 2.69. The molecule has 0 aliphatic heterocycles. The van der Waals surface area contributed by atoms with E-state index in [9.17, 15) is 9.90 Å². The second-order valence-corrected chi connectivity index (χ2v) is 4.20. The van der Waals surface area contributed by atoms with Crippen LogP contribution in [-0.4, -0.2) is 27.3 Å². The van der Waals surface area contributed by atoms with Gasteiger partial charge >= 0.3 is 5.97 Å². The summed E-state index contributed by atoms with van der Waals surface area (Å²) in [5, 5.41) is 20.7. The van der Waals surface area contributed by atoms with Gasteiger partial charge in [-0.2, -0.15) is 0 Å². The molecule has 1 unspecified atom stereocenters. The maximum atomic E-state index is 11.2. The zero-order valence-electron chi connectivity index (χ0n) is 10.4. The normalized spacial score (nSPS) is 11.8. The number of aromatic nitrogens is 2. The number of benzene rings is 1. The quantitative estimate of drug-likeness (QED) is 0.819. The summed E-state index contributed by atoms with van der Waals surface area (Å²) in [6.45, 7) is 1.89. The number of carbonyl (C=O) groups is 1. The number of terminal acetylenes is 1. The molecule has 2 rings (SSSR count). The molecule has 1 aromatic carbocycles. The van der Waals surface area contributed by atoms with Gasteiger partial charge in [-0.1, -0.05) is 18.2 Å². The molecule has 5 nitrogen and oxygen atoms in total. The lowest BCUT2D eigenvalue weighted by molar-refractivity contribution is 0.0690. The lowest BCUT2D eigenvalue weighted by Gasteiger charge is -2.15. The maximum Gasteiger partial charge on any atom is 0.358 e. The average molecular weight is 255 g/mol. The van der Waals surface area contributed by atoms with Crippen LogP contribution < -0.4 is 5.32 Å². The van der Waals surface area contributed by atoms with Gasteiger partial charge in [-0.05, 0) is 13.0 Å². The molecule has 2 N–H and O–H groups in total. The van der Waals surface area contributed by atoms with Gasteiger partial charge in [0.05, 0.1) is 11.2 Å². The van der Waals surface area contributed by atoms with Crippen LogP contribution in [0.15, 0.2) is 24.3 Å². The highest BCUT2D eigenvalue weighted by Crippen LogP contribution is 2.25. The SMILES string of the molecule is C#CCC(C)Nc1c(C(=O)O)nnc2ccccc12. The van der Waals surface area contributed by atoms with Gasteiger partial charge in [0.25, 0.3) is 0 Å². The van der Waals surface area contributed by atoms with Crippen molar-refractivity contribution >= 4 is 22.6 Å². The van der Waals surface area contributed by atoms with E-state index < -0.39 is 5.97 Å². The monoisotopic (exact) mass is 255 g/mol. The van der Waals surface area contributed by atoms with Crippen LogP contribution in [0.2, 0.25) is 0 Å². The Bertz CT molecular complexity index is 661. The maximum absolute atomic E-state index is 11.2. The Labute approximate surface area is 110 Å². The first-order valence-corrected chi connectivity index (χ1v) is 5.82. The first kappa shape index (κ1) is 12.8. The highest BCUT2D eigenvalue weighted by molar-refractivity contribution is 6.02. The Balaban J connectivity index is 2.56. The van der Waals surface area contributed by atoms with E-state index in [0.717, 1.165) is 5.39 Å². The van der Waals surface area contributed by atoms with Gasteiger partial charge < -0.3 is 10.4 Å². The number of anilines is 1. The molecule has 1 heterocycles. The number of aromatic carboxylic acids is 1. The second-order valence-electron chi connectivity index (χ2n) is 4.20. The fourth-order valence-corrected chi connectivity index (χ4v) is 1.82. The van der Waals surface area contributed by atoms with Crippen LogP contribution in [0.1, 0.15) is 23.8 Å². The molecule has 0 spiro atoms. The third kappa shape index (κ3) is 2.63. The van der Waals surface area contributed by atoms with Crippen LogP contribution in [-0.2, 0) is 0 Å². The molecule has 0 saturated carbocycles. The zero-order valence-corrected chi connectivity index (χ0v) is 10.4. The van der Waals surface area contributed by atoms with E-state index in [4.69, 9.17) is 6.42 Å². The summed E-state index contributed by atoms with van der Waals surface area (Å²) >= 11 is 0. The molecule has 96 valence electrons. The summed E-state index contributed by atoms with van der Waals surface area (Å²) in [4.78, 5) is 11.2. The molecule has 0 aliphatic rings. The predicted octanol–water partition coefficient (Wildman–Crippen LogP) is 2.15. The lowest BCUT2D eigenvalue weighted by Crippen LogP contribution is -2.18. The summed E-state index contributed by atoms with van der Waals surface area (Å²) in [5.41, 5.74) is 1.01. The van der Waals surface area contributed by atoms with Crippen LogP contribution in [0, 0.1) is 12.3 Å². The van der Waals surface area contributed by atoms with E-state index in [1.807, 2.05) is 19.1 Å². The average Bonchev–Trinajstić information content (AvgIpc) is 2.39. The first-order valence-electron chi connectivity index (χ1n) is 5.82. The van der Waals surface area contributed by atoms with Crippen molar-refractivity contribution in [3.63, 3.8) is 0 Å². The molecule has 5 heteroatoms. The Kier molecular flexibility index (Phi) is 3.62. The van der Waals surface area contributed by atoms with Crippen molar-refractivity contribution in [2.45, 2.75) is 19.4 Å². The summed E-state index contributed by atoms with van der Waals surface area (Å²) < 4.78 is 0. The van der Waals surface area contributed by atoms with E-state index in [-0.39, 0.29) is 11.7 Å². The minimum absolute atomic E-state index is 0.0456.